The fourth-order valence-corrected chi connectivity index (χ4v) is 2.18. The van der Waals surface area contributed by atoms with Gasteiger partial charge in [0.15, 0.2) is 11.0 Å². The molecule has 2 aromatic rings. The lowest BCUT2D eigenvalue weighted by Gasteiger charge is -2.16. The topological polar surface area (TPSA) is 48.9 Å². The van der Waals surface area contributed by atoms with Crippen LogP contribution in [0.2, 0.25) is 0 Å². The molecule has 0 bridgehead atoms. The van der Waals surface area contributed by atoms with Gasteiger partial charge in [0.1, 0.15) is 11.1 Å². The smallest absolute Gasteiger partial charge is 0.245 e. The fraction of sp³-hybridized carbons (Fsp3) is 0.500. The lowest BCUT2D eigenvalue weighted by atomic mass is 10.1. The van der Waals surface area contributed by atoms with E-state index in [-0.39, 0.29) is 11.1 Å². The molecule has 4 nitrogen and oxygen atoms in total. The van der Waals surface area contributed by atoms with Crippen molar-refractivity contribution in [2.45, 2.75) is 52.6 Å². The van der Waals surface area contributed by atoms with E-state index in [1.807, 2.05) is 0 Å². The number of benzene rings is 1. The number of rotatable bonds is 0. The van der Waals surface area contributed by atoms with Gasteiger partial charge >= 0.3 is 0 Å². The SMILES string of the molecule is CC(C)(C)n1c[n+](C(C)(C)C)c2ccccc21.O=C[O-]. The minimum absolute atomic E-state index is 0.107. The van der Waals surface area contributed by atoms with Gasteiger partial charge in [-0.05, 0) is 53.7 Å². The number of carbonyl (C=O) groups excluding carboxylic acids is 1. The Balaban J connectivity index is 0.000000612. The van der Waals surface area contributed by atoms with E-state index in [0.717, 1.165) is 0 Å². The standard InChI is InChI=1S/C15H23N2.CH2O2/c1-14(2,3)16-11-17(15(4,5)6)13-10-8-7-9-12(13)16;2-1-3/h7-11H,1-6H3;1H,(H,2,3)/q+1;/p-1. The van der Waals surface area contributed by atoms with Gasteiger partial charge < -0.3 is 9.90 Å². The van der Waals surface area contributed by atoms with E-state index in [2.05, 4.69) is 81.3 Å². The van der Waals surface area contributed by atoms with Crippen LogP contribution in [0.15, 0.2) is 30.6 Å². The van der Waals surface area contributed by atoms with Crippen molar-refractivity contribution < 1.29 is 14.5 Å². The minimum Gasteiger partial charge on any atom is -0.554 e. The highest BCUT2D eigenvalue weighted by Crippen LogP contribution is 2.22. The van der Waals surface area contributed by atoms with E-state index in [1.165, 1.54) is 11.0 Å². The average molecular weight is 276 g/mol. The van der Waals surface area contributed by atoms with E-state index in [4.69, 9.17) is 9.90 Å². The molecule has 2 rings (SSSR count). The van der Waals surface area contributed by atoms with Crippen LogP contribution in [0.1, 0.15) is 41.5 Å². The summed E-state index contributed by atoms with van der Waals surface area (Å²) in [5.74, 6) is 0. The van der Waals surface area contributed by atoms with Crippen LogP contribution < -0.4 is 9.67 Å². The number of para-hydroxylation sites is 2. The summed E-state index contributed by atoms with van der Waals surface area (Å²) in [6, 6.07) is 8.61. The molecule has 20 heavy (non-hydrogen) atoms. The first-order valence-corrected chi connectivity index (χ1v) is 6.71. The Bertz CT molecular complexity index is 539. The Morgan fingerprint density at radius 3 is 2.05 bits per heavy atom. The van der Waals surface area contributed by atoms with Crippen molar-refractivity contribution in [3.8, 4) is 0 Å². The number of hydrogen-bond acceptors (Lipinski definition) is 2. The number of hydrogen-bond donors (Lipinski definition) is 0. The third kappa shape index (κ3) is 3.38. The summed E-state index contributed by atoms with van der Waals surface area (Å²) in [4.78, 5) is 8.25. The Morgan fingerprint density at radius 1 is 1.10 bits per heavy atom. The highest BCUT2D eigenvalue weighted by atomic mass is 16.3. The second-order valence-corrected chi connectivity index (χ2v) is 6.78. The van der Waals surface area contributed by atoms with Gasteiger partial charge in [-0.2, -0.15) is 0 Å². The van der Waals surface area contributed by atoms with Gasteiger partial charge in [0.25, 0.3) is 0 Å². The molecule has 110 valence electrons. The maximum Gasteiger partial charge on any atom is 0.245 e. The van der Waals surface area contributed by atoms with Crippen LogP contribution in [0, 0.1) is 0 Å². The second kappa shape index (κ2) is 5.65. The molecule has 0 N–H and O–H groups in total. The molecule has 0 saturated heterocycles. The molecule has 0 unspecified atom stereocenters. The van der Waals surface area contributed by atoms with Gasteiger partial charge in [-0.15, -0.1) is 0 Å². The molecular formula is C16H24N2O2. The third-order valence-electron chi connectivity index (χ3n) is 3.08. The van der Waals surface area contributed by atoms with E-state index in [9.17, 15) is 0 Å². The molecule has 4 heteroatoms. The molecule has 0 saturated carbocycles. The number of fused-ring (bicyclic) bond motifs is 1. The Hall–Kier alpha value is -1.84. The predicted molar refractivity (Wildman–Crippen MR) is 78.2 cm³/mol. The zero-order valence-electron chi connectivity index (χ0n) is 13.2. The molecule has 0 aliphatic rings. The van der Waals surface area contributed by atoms with Crippen molar-refractivity contribution in [2.24, 2.45) is 0 Å². The lowest BCUT2D eigenvalue weighted by molar-refractivity contribution is -0.731. The molecule has 1 heterocycles. The van der Waals surface area contributed by atoms with E-state index in [1.54, 1.807) is 0 Å². The minimum atomic E-state index is -0.500. The maximum atomic E-state index is 8.25. The van der Waals surface area contributed by atoms with Crippen LogP contribution in [0.3, 0.4) is 0 Å². The summed E-state index contributed by atoms with van der Waals surface area (Å²) in [7, 11) is 0. The molecule has 0 atom stereocenters. The lowest BCUT2D eigenvalue weighted by Crippen LogP contribution is -2.49. The van der Waals surface area contributed by atoms with Crippen molar-refractivity contribution in [3.05, 3.63) is 30.6 Å². The fourth-order valence-electron chi connectivity index (χ4n) is 2.18. The van der Waals surface area contributed by atoms with Gasteiger partial charge in [-0.3, -0.25) is 0 Å². The van der Waals surface area contributed by atoms with Crippen molar-refractivity contribution in [3.63, 3.8) is 0 Å². The van der Waals surface area contributed by atoms with Crippen molar-refractivity contribution in [2.75, 3.05) is 0 Å². The van der Waals surface area contributed by atoms with Gasteiger partial charge in [-0.25, -0.2) is 9.13 Å². The van der Waals surface area contributed by atoms with Crippen molar-refractivity contribution >= 4 is 17.5 Å². The quantitative estimate of drug-likeness (QED) is 0.544. The Kier molecular flexibility index (Phi) is 4.58. The van der Waals surface area contributed by atoms with Crippen LogP contribution in [0.4, 0.5) is 0 Å². The molecule has 1 aromatic heterocycles. The normalized spacial score (nSPS) is 11.9. The molecule has 0 spiro atoms. The van der Waals surface area contributed by atoms with Gasteiger partial charge in [-0.1, -0.05) is 12.1 Å². The highest BCUT2D eigenvalue weighted by molar-refractivity contribution is 5.72. The summed E-state index contributed by atoms with van der Waals surface area (Å²) in [6.07, 6.45) is 2.24. The summed E-state index contributed by atoms with van der Waals surface area (Å²) in [5, 5.41) is 8.25. The first kappa shape index (κ1) is 16.2. The van der Waals surface area contributed by atoms with Crippen LogP contribution in [-0.2, 0) is 15.9 Å². The first-order chi connectivity index (χ1) is 9.12. The van der Waals surface area contributed by atoms with Gasteiger partial charge in [0, 0.05) is 6.47 Å². The molecule has 0 aliphatic heterocycles. The molecule has 1 aromatic carbocycles. The summed E-state index contributed by atoms with van der Waals surface area (Å²) < 4.78 is 4.71. The van der Waals surface area contributed by atoms with E-state index < -0.39 is 6.47 Å². The van der Waals surface area contributed by atoms with Crippen molar-refractivity contribution in [1.82, 2.24) is 4.57 Å². The Labute approximate surface area is 120 Å². The monoisotopic (exact) mass is 276 g/mol. The molecule has 0 radical (unpaired) electrons. The molecule has 0 aliphatic carbocycles. The first-order valence-electron chi connectivity index (χ1n) is 6.71. The second-order valence-electron chi connectivity index (χ2n) is 6.78. The number of imidazole rings is 1. The Morgan fingerprint density at radius 2 is 1.60 bits per heavy atom. The molecule has 0 fully saturated rings. The number of nitrogens with zero attached hydrogens (tertiary/aromatic N) is 2. The average Bonchev–Trinajstić information content (AvgIpc) is 2.68. The third-order valence-corrected chi connectivity index (χ3v) is 3.08. The summed E-state index contributed by atoms with van der Waals surface area (Å²) in [6.45, 7) is 13.0. The van der Waals surface area contributed by atoms with Crippen LogP contribution >= 0.6 is 0 Å². The number of aromatic nitrogens is 2. The number of carboxylic acid groups (broad SMARTS) is 1. The number of carbonyl (C=O) groups is 1. The zero-order valence-corrected chi connectivity index (χ0v) is 13.2. The summed E-state index contributed by atoms with van der Waals surface area (Å²) >= 11 is 0. The van der Waals surface area contributed by atoms with Crippen LogP contribution in [-0.4, -0.2) is 11.0 Å². The summed E-state index contributed by atoms with van der Waals surface area (Å²) in [5.41, 5.74) is 2.82. The van der Waals surface area contributed by atoms with Crippen LogP contribution in [0.5, 0.6) is 0 Å². The maximum absolute atomic E-state index is 8.25. The van der Waals surface area contributed by atoms with E-state index in [0.29, 0.717) is 0 Å². The van der Waals surface area contributed by atoms with Gasteiger partial charge in [0.2, 0.25) is 6.33 Å². The highest BCUT2D eigenvalue weighted by Gasteiger charge is 2.29. The molecule has 0 amide bonds. The van der Waals surface area contributed by atoms with Crippen LogP contribution in [0.25, 0.3) is 11.0 Å². The molecular weight excluding hydrogens is 252 g/mol. The largest absolute Gasteiger partial charge is 0.554 e. The van der Waals surface area contributed by atoms with Crippen molar-refractivity contribution in [1.29, 1.82) is 0 Å². The van der Waals surface area contributed by atoms with E-state index >= 15 is 0 Å². The zero-order chi connectivity index (χ0) is 15.6. The van der Waals surface area contributed by atoms with Gasteiger partial charge in [0.05, 0.1) is 0 Å². The predicted octanol–water partition coefficient (Wildman–Crippen LogP) is 1.80.